The van der Waals surface area contributed by atoms with Crippen LogP contribution in [0.15, 0.2) is 0 Å². The van der Waals surface area contributed by atoms with Gasteiger partial charge in [0.15, 0.2) is 0 Å². The normalized spacial score (nSPS) is 20.3. The fourth-order valence-electron chi connectivity index (χ4n) is 1.88. The first-order valence-electron chi connectivity index (χ1n) is 5.92. The van der Waals surface area contributed by atoms with Gasteiger partial charge in [0, 0.05) is 12.8 Å². The summed E-state index contributed by atoms with van der Waals surface area (Å²) >= 11 is 0. The van der Waals surface area contributed by atoms with Gasteiger partial charge in [-0.25, -0.2) is 0 Å². The Morgan fingerprint density at radius 2 is 1.80 bits per heavy atom. The topological polar surface area (TPSA) is 35.5 Å². The molecule has 15 heavy (non-hydrogen) atoms. The molecule has 1 aliphatic carbocycles. The highest BCUT2D eigenvalue weighted by Crippen LogP contribution is 2.23. The molecule has 1 unspecified atom stereocenters. The van der Waals surface area contributed by atoms with Crippen molar-refractivity contribution in [1.82, 2.24) is 0 Å². The van der Waals surface area contributed by atoms with Crippen molar-refractivity contribution in [2.45, 2.75) is 65.3 Å². The van der Waals surface area contributed by atoms with Crippen molar-refractivity contribution in [3.8, 4) is 0 Å². The molecule has 0 radical (unpaired) electrons. The maximum atomic E-state index is 10.9. The molecular weight excluding hydrogens is 192 g/mol. The molecule has 1 aliphatic rings. The lowest BCUT2D eigenvalue weighted by atomic mass is 9.97. The second-order valence-electron chi connectivity index (χ2n) is 4.62. The maximum absolute atomic E-state index is 10.9. The van der Waals surface area contributed by atoms with E-state index in [1.807, 2.05) is 13.8 Å². The standard InChI is InChI=1S/C12H22O3/c1-9(2)12(14-10(3)13)15-11-7-5-4-6-8-11/h9,11-12H,4-8H2,1-3H3. The first-order valence-corrected chi connectivity index (χ1v) is 5.92. The summed E-state index contributed by atoms with van der Waals surface area (Å²) in [7, 11) is 0. The average molecular weight is 214 g/mol. The molecule has 1 saturated carbocycles. The Labute approximate surface area is 92.1 Å². The molecule has 88 valence electrons. The second-order valence-corrected chi connectivity index (χ2v) is 4.62. The van der Waals surface area contributed by atoms with Crippen molar-refractivity contribution in [3.63, 3.8) is 0 Å². The lowest BCUT2D eigenvalue weighted by molar-refractivity contribution is -0.202. The van der Waals surface area contributed by atoms with Gasteiger partial charge >= 0.3 is 5.97 Å². The van der Waals surface area contributed by atoms with Crippen molar-refractivity contribution in [3.05, 3.63) is 0 Å². The molecular formula is C12H22O3. The van der Waals surface area contributed by atoms with Crippen molar-refractivity contribution in [2.24, 2.45) is 5.92 Å². The number of hydrogen-bond donors (Lipinski definition) is 0. The summed E-state index contributed by atoms with van der Waals surface area (Å²) in [6.07, 6.45) is 5.89. The number of carbonyl (C=O) groups is 1. The van der Waals surface area contributed by atoms with Crippen LogP contribution in [0, 0.1) is 5.92 Å². The minimum absolute atomic E-state index is 0.218. The lowest BCUT2D eigenvalue weighted by Gasteiger charge is -2.29. The fourth-order valence-corrected chi connectivity index (χ4v) is 1.88. The number of ether oxygens (including phenoxy) is 2. The summed E-state index contributed by atoms with van der Waals surface area (Å²) in [4.78, 5) is 10.9. The van der Waals surface area contributed by atoms with Gasteiger partial charge in [0.05, 0.1) is 6.10 Å². The molecule has 0 aromatic heterocycles. The molecule has 3 heteroatoms. The van der Waals surface area contributed by atoms with Gasteiger partial charge in [-0.1, -0.05) is 33.1 Å². The van der Waals surface area contributed by atoms with Crippen LogP contribution in [-0.4, -0.2) is 18.4 Å². The Morgan fingerprint density at radius 3 is 2.27 bits per heavy atom. The molecule has 3 nitrogen and oxygen atoms in total. The molecule has 0 aromatic rings. The minimum atomic E-state index is -0.370. The van der Waals surface area contributed by atoms with Crippen molar-refractivity contribution in [2.75, 3.05) is 0 Å². The van der Waals surface area contributed by atoms with Crippen LogP contribution in [0.3, 0.4) is 0 Å². The van der Waals surface area contributed by atoms with Gasteiger partial charge in [0.1, 0.15) is 0 Å². The van der Waals surface area contributed by atoms with E-state index in [2.05, 4.69) is 0 Å². The zero-order valence-electron chi connectivity index (χ0n) is 9.99. The van der Waals surface area contributed by atoms with Gasteiger partial charge in [-0.2, -0.15) is 0 Å². The second kappa shape index (κ2) is 6.11. The summed E-state index contributed by atoms with van der Waals surface area (Å²) in [6, 6.07) is 0. The van der Waals surface area contributed by atoms with Crippen molar-refractivity contribution >= 4 is 5.97 Å². The molecule has 1 atom stereocenters. The molecule has 0 aromatic carbocycles. The quantitative estimate of drug-likeness (QED) is 0.533. The Bertz CT molecular complexity index is 195. The molecule has 0 N–H and O–H groups in total. The third-order valence-corrected chi connectivity index (χ3v) is 2.71. The molecule has 0 saturated heterocycles. The highest BCUT2D eigenvalue weighted by molar-refractivity contribution is 5.66. The van der Waals surface area contributed by atoms with Crippen LogP contribution in [0.4, 0.5) is 0 Å². The van der Waals surface area contributed by atoms with Crippen molar-refractivity contribution in [1.29, 1.82) is 0 Å². The molecule has 0 aliphatic heterocycles. The Hall–Kier alpha value is -0.570. The molecule has 0 amide bonds. The summed E-state index contributed by atoms with van der Waals surface area (Å²) in [5, 5.41) is 0. The van der Waals surface area contributed by atoms with Crippen molar-refractivity contribution < 1.29 is 14.3 Å². The predicted octanol–water partition coefficient (Wildman–Crippen LogP) is 2.88. The Morgan fingerprint density at radius 1 is 1.20 bits per heavy atom. The van der Waals surface area contributed by atoms with Gasteiger partial charge in [0.25, 0.3) is 0 Å². The number of esters is 1. The lowest BCUT2D eigenvalue weighted by Crippen LogP contribution is -2.31. The van der Waals surface area contributed by atoms with Gasteiger partial charge in [0.2, 0.25) is 6.29 Å². The molecule has 0 spiro atoms. The van der Waals surface area contributed by atoms with Gasteiger partial charge in [-0.15, -0.1) is 0 Å². The minimum Gasteiger partial charge on any atom is -0.436 e. The first kappa shape index (κ1) is 12.5. The monoisotopic (exact) mass is 214 g/mol. The molecule has 1 fully saturated rings. The van der Waals surface area contributed by atoms with E-state index in [4.69, 9.17) is 9.47 Å². The Balaban J connectivity index is 2.38. The zero-order valence-corrected chi connectivity index (χ0v) is 9.99. The van der Waals surface area contributed by atoms with E-state index >= 15 is 0 Å². The molecule has 1 rings (SSSR count). The third-order valence-electron chi connectivity index (χ3n) is 2.71. The van der Waals surface area contributed by atoms with Crippen LogP contribution in [-0.2, 0) is 14.3 Å². The van der Waals surface area contributed by atoms with Crippen LogP contribution in [0.1, 0.15) is 52.9 Å². The summed E-state index contributed by atoms with van der Waals surface area (Å²) in [6.45, 7) is 5.45. The highest BCUT2D eigenvalue weighted by atomic mass is 16.7. The number of carbonyl (C=O) groups excluding carboxylic acids is 1. The predicted molar refractivity (Wildman–Crippen MR) is 58.4 cm³/mol. The summed E-state index contributed by atoms with van der Waals surface area (Å²) < 4.78 is 11.0. The number of hydrogen-bond acceptors (Lipinski definition) is 3. The van der Waals surface area contributed by atoms with Gasteiger partial charge in [-0.3, -0.25) is 4.79 Å². The van der Waals surface area contributed by atoms with Gasteiger partial charge < -0.3 is 9.47 Å². The smallest absolute Gasteiger partial charge is 0.304 e. The zero-order chi connectivity index (χ0) is 11.3. The largest absolute Gasteiger partial charge is 0.436 e. The number of rotatable bonds is 4. The van der Waals surface area contributed by atoms with E-state index in [9.17, 15) is 4.79 Å². The third kappa shape index (κ3) is 4.65. The van der Waals surface area contributed by atoms with Crippen LogP contribution >= 0.6 is 0 Å². The summed E-state index contributed by atoms with van der Waals surface area (Å²) in [5.41, 5.74) is 0. The average Bonchev–Trinajstić information content (AvgIpc) is 2.17. The molecule has 0 heterocycles. The van der Waals surface area contributed by atoms with E-state index in [1.165, 1.54) is 26.2 Å². The van der Waals surface area contributed by atoms with Crippen LogP contribution in [0.25, 0.3) is 0 Å². The highest BCUT2D eigenvalue weighted by Gasteiger charge is 2.23. The summed E-state index contributed by atoms with van der Waals surface area (Å²) in [5.74, 6) is -0.0414. The van der Waals surface area contributed by atoms with Crippen LogP contribution in [0.5, 0.6) is 0 Å². The van der Waals surface area contributed by atoms with Crippen LogP contribution < -0.4 is 0 Å². The molecule has 0 bridgehead atoms. The van der Waals surface area contributed by atoms with E-state index in [1.54, 1.807) is 0 Å². The first-order chi connectivity index (χ1) is 7.09. The van der Waals surface area contributed by atoms with E-state index < -0.39 is 0 Å². The fraction of sp³-hybridized carbons (Fsp3) is 0.917. The van der Waals surface area contributed by atoms with Crippen LogP contribution in [0.2, 0.25) is 0 Å². The van der Waals surface area contributed by atoms with E-state index in [-0.39, 0.29) is 24.3 Å². The van der Waals surface area contributed by atoms with Gasteiger partial charge in [-0.05, 0) is 12.8 Å². The Kier molecular flexibility index (Phi) is 5.09. The SMILES string of the molecule is CC(=O)OC(OC1CCCCC1)C(C)C. The maximum Gasteiger partial charge on any atom is 0.304 e. The van der Waals surface area contributed by atoms with E-state index in [0.717, 1.165) is 12.8 Å². The van der Waals surface area contributed by atoms with E-state index in [0.29, 0.717) is 0 Å².